The molecule has 3 rings (SSSR count). The molecule has 0 saturated heterocycles. The predicted molar refractivity (Wildman–Crippen MR) is 123 cm³/mol. The number of rotatable bonds is 3. The summed E-state index contributed by atoms with van der Waals surface area (Å²) in [7, 11) is 1.92. The van der Waals surface area contributed by atoms with Crippen LogP contribution in [0.4, 0.5) is 0 Å². The normalized spacial score (nSPS) is 12.2. The quantitative estimate of drug-likeness (QED) is 0.624. The number of ether oxygens (including phenoxy) is 1. The Morgan fingerprint density at radius 2 is 1.90 bits per heavy atom. The highest BCUT2D eigenvalue weighted by Gasteiger charge is 2.15. The van der Waals surface area contributed by atoms with E-state index < -0.39 is 0 Å². The third-order valence-electron chi connectivity index (χ3n) is 4.52. The van der Waals surface area contributed by atoms with Gasteiger partial charge in [0.25, 0.3) is 5.91 Å². The van der Waals surface area contributed by atoms with Crippen LogP contribution in [0.5, 0.6) is 5.75 Å². The maximum atomic E-state index is 12.5. The number of benzene rings is 2. The minimum absolute atomic E-state index is 0.0393. The first-order valence-corrected chi connectivity index (χ1v) is 10.6. The van der Waals surface area contributed by atoms with Gasteiger partial charge < -0.3 is 9.30 Å². The van der Waals surface area contributed by atoms with Crippen molar-refractivity contribution in [3.8, 4) is 5.75 Å². The number of hydrogen-bond donors (Lipinski definition) is 1. The number of amides is 1. The third kappa shape index (κ3) is 4.92. The van der Waals surface area contributed by atoms with Gasteiger partial charge in [-0.1, -0.05) is 44.2 Å². The molecule has 0 radical (unpaired) electrons. The molecule has 5 nitrogen and oxygen atoms in total. The second-order valence-corrected chi connectivity index (χ2v) is 9.10. The van der Waals surface area contributed by atoms with Crippen molar-refractivity contribution in [2.75, 3.05) is 6.61 Å². The number of carbonyl (C=O) groups excluding carboxylic acids is 1. The van der Waals surface area contributed by atoms with Crippen LogP contribution >= 0.6 is 23.6 Å². The first-order chi connectivity index (χ1) is 13.7. The summed E-state index contributed by atoms with van der Waals surface area (Å²) >= 11 is 6.80. The molecule has 0 aliphatic heterocycles. The Labute approximate surface area is 180 Å². The van der Waals surface area contributed by atoms with Gasteiger partial charge in [0.05, 0.1) is 16.8 Å². The number of fused-ring (bicyclic) bond motifs is 1. The van der Waals surface area contributed by atoms with Crippen LogP contribution in [0.3, 0.4) is 0 Å². The van der Waals surface area contributed by atoms with E-state index in [1.807, 2.05) is 61.0 Å². The van der Waals surface area contributed by atoms with Crippen LogP contribution in [-0.2, 0) is 12.5 Å². The van der Waals surface area contributed by atoms with Gasteiger partial charge in [-0.25, -0.2) is 0 Å². The number of nitrogens with zero attached hydrogens (tertiary/aromatic N) is 2. The summed E-state index contributed by atoms with van der Waals surface area (Å²) in [6, 6.07) is 13.5. The molecular formula is C22H25N3O2S2. The molecule has 0 spiro atoms. The number of aromatic nitrogens is 1. The minimum Gasteiger partial charge on any atom is -0.494 e. The van der Waals surface area contributed by atoms with E-state index in [0.717, 1.165) is 16.0 Å². The van der Waals surface area contributed by atoms with Crippen molar-refractivity contribution >= 4 is 44.8 Å². The number of thiocarbonyl (C=S) groups is 1. The van der Waals surface area contributed by atoms with Gasteiger partial charge in [-0.2, -0.15) is 4.99 Å². The molecule has 1 amide bonds. The highest BCUT2D eigenvalue weighted by atomic mass is 32.1. The van der Waals surface area contributed by atoms with Gasteiger partial charge in [0, 0.05) is 12.6 Å². The zero-order valence-electron chi connectivity index (χ0n) is 17.3. The van der Waals surface area contributed by atoms with Gasteiger partial charge in [-0.3, -0.25) is 10.1 Å². The average Bonchev–Trinajstić information content (AvgIpc) is 2.96. The third-order valence-corrected chi connectivity index (χ3v) is 5.81. The number of aryl methyl sites for hydroxylation is 1. The Balaban J connectivity index is 1.79. The summed E-state index contributed by atoms with van der Waals surface area (Å²) in [5.41, 5.74) is 2.80. The molecule has 152 valence electrons. The van der Waals surface area contributed by atoms with Crippen molar-refractivity contribution in [3.63, 3.8) is 0 Å². The van der Waals surface area contributed by atoms with Crippen LogP contribution in [-0.4, -0.2) is 22.2 Å². The summed E-state index contributed by atoms with van der Waals surface area (Å²) in [5, 5.41) is 2.84. The van der Waals surface area contributed by atoms with Gasteiger partial charge >= 0.3 is 0 Å². The van der Waals surface area contributed by atoms with Gasteiger partial charge in [0.2, 0.25) is 5.11 Å². The van der Waals surface area contributed by atoms with Crippen LogP contribution < -0.4 is 14.9 Å². The van der Waals surface area contributed by atoms with Crippen molar-refractivity contribution in [2.45, 2.75) is 33.1 Å². The van der Waals surface area contributed by atoms with Crippen LogP contribution in [0, 0.1) is 0 Å². The van der Waals surface area contributed by atoms with Crippen LogP contribution in [0.15, 0.2) is 47.5 Å². The molecule has 29 heavy (non-hydrogen) atoms. The first-order valence-electron chi connectivity index (χ1n) is 9.42. The molecule has 0 aliphatic rings. The smallest absolute Gasteiger partial charge is 0.257 e. The van der Waals surface area contributed by atoms with Crippen molar-refractivity contribution in [3.05, 3.63) is 58.4 Å². The number of hydrogen-bond acceptors (Lipinski definition) is 4. The van der Waals surface area contributed by atoms with Crippen molar-refractivity contribution in [2.24, 2.45) is 12.0 Å². The molecule has 1 heterocycles. The Kier molecular flexibility index (Phi) is 6.19. The van der Waals surface area contributed by atoms with E-state index >= 15 is 0 Å². The predicted octanol–water partition coefficient (Wildman–Crippen LogP) is 4.55. The molecule has 1 N–H and O–H groups in total. The lowest BCUT2D eigenvalue weighted by Crippen LogP contribution is -2.29. The summed E-state index contributed by atoms with van der Waals surface area (Å²) < 4.78 is 8.56. The number of thiazole rings is 1. The lowest BCUT2D eigenvalue weighted by molar-refractivity contribution is 0.0977. The highest BCUT2D eigenvalue weighted by molar-refractivity contribution is 7.80. The standard InChI is InChI=1S/C22H25N3O2S2/c1-6-27-16-11-12-17-18(13-16)29-21(25(17)5)24-20(28)23-19(26)14-7-9-15(10-8-14)22(2,3)4/h7-13H,6H2,1-5H3,(H,23,26,28). The van der Waals surface area contributed by atoms with E-state index in [4.69, 9.17) is 17.0 Å². The molecule has 0 bridgehead atoms. The Morgan fingerprint density at radius 3 is 2.52 bits per heavy atom. The van der Waals surface area contributed by atoms with Crippen molar-refractivity contribution in [1.82, 2.24) is 9.88 Å². The molecule has 2 aromatic carbocycles. The van der Waals surface area contributed by atoms with E-state index in [0.29, 0.717) is 17.0 Å². The number of nitrogens with one attached hydrogen (secondary N) is 1. The fourth-order valence-electron chi connectivity index (χ4n) is 2.88. The maximum Gasteiger partial charge on any atom is 0.257 e. The van der Waals surface area contributed by atoms with Gasteiger partial charge in [-0.05, 0) is 60.5 Å². The second-order valence-electron chi connectivity index (χ2n) is 7.70. The summed E-state index contributed by atoms with van der Waals surface area (Å²) in [4.78, 5) is 17.6. The summed E-state index contributed by atoms with van der Waals surface area (Å²) in [5.74, 6) is 0.560. The van der Waals surface area contributed by atoms with Gasteiger partial charge in [-0.15, -0.1) is 0 Å². The van der Waals surface area contributed by atoms with Crippen LogP contribution in [0.25, 0.3) is 10.2 Å². The van der Waals surface area contributed by atoms with E-state index in [1.165, 1.54) is 16.9 Å². The molecule has 7 heteroatoms. The Bertz CT molecular complexity index is 1120. The van der Waals surface area contributed by atoms with Crippen LogP contribution in [0.1, 0.15) is 43.6 Å². The van der Waals surface area contributed by atoms with E-state index in [9.17, 15) is 4.79 Å². The zero-order chi connectivity index (χ0) is 21.2. The van der Waals surface area contributed by atoms with Crippen molar-refractivity contribution < 1.29 is 9.53 Å². The Hall–Kier alpha value is -2.51. The Morgan fingerprint density at radius 1 is 1.21 bits per heavy atom. The molecule has 3 aromatic rings. The van der Waals surface area contributed by atoms with Crippen molar-refractivity contribution in [1.29, 1.82) is 0 Å². The lowest BCUT2D eigenvalue weighted by Gasteiger charge is -2.18. The van der Waals surface area contributed by atoms with Gasteiger partial charge in [0.15, 0.2) is 4.80 Å². The molecule has 0 fully saturated rings. The largest absolute Gasteiger partial charge is 0.494 e. The maximum absolute atomic E-state index is 12.5. The fraction of sp³-hybridized carbons (Fsp3) is 0.318. The lowest BCUT2D eigenvalue weighted by atomic mass is 9.87. The molecular weight excluding hydrogens is 402 g/mol. The molecule has 0 saturated carbocycles. The second kappa shape index (κ2) is 8.47. The monoisotopic (exact) mass is 427 g/mol. The van der Waals surface area contributed by atoms with Crippen LogP contribution in [0.2, 0.25) is 0 Å². The number of carbonyl (C=O) groups is 1. The summed E-state index contributed by atoms with van der Waals surface area (Å²) in [6.45, 7) is 8.99. The highest BCUT2D eigenvalue weighted by Crippen LogP contribution is 2.23. The fourth-order valence-corrected chi connectivity index (χ4v) is 4.17. The topological polar surface area (TPSA) is 55.6 Å². The van der Waals surface area contributed by atoms with Gasteiger partial charge in [0.1, 0.15) is 5.75 Å². The average molecular weight is 428 g/mol. The zero-order valence-corrected chi connectivity index (χ0v) is 18.9. The van der Waals surface area contributed by atoms with E-state index in [-0.39, 0.29) is 16.4 Å². The molecule has 0 unspecified atom stereocenters. The first kappa shape index (κ1) is 21.2. The molecule has 0 atom stereocenters. The van der Waals surface area contributed by atoms with E-state index in [1.54, 1.807) is 0 Å². The summed E-state index contributed by atoms with van der Waals surface area (Å²) in [6.07, 6.45) is 0. The SMILES string of the molecule is CCOc1ccc2c(c1)sc(=NC(=S)NC(=O)c1ccc(C(C)(C)C)cc1)n2C. The minimum atomic E-state index is -0.262. The molecule has 0 aliphatic carbocycles. The molecule has 1 aromatic heterocycles. The van der Waals surface area contributed by atoms with E-state index in [2.05, 4.69) is 31.1 Å².